The van der Waals surface area contributed by atoms with E-state index >= 15 is 0 Å². The Morgan fingerprint density at radius 2 is 1.88 bits per heavy atom. The van der Waals surface area contributed by atoms with E-state index in [4.69, 9.17) is 0 Å². The van der Waals surface area contributed by atoms with Crippen molar-refractivity contribution in [2.24, 2.45) is 7.05 Å². The van der Waals surface area contributed by atoms with E-state index in [0.29, 0.717) is 12.1 Å². The molecule has 17 heavy (non-hydrogen) atoms. The van der Waals surface area contributed by atoms with Crippen LogP contribution >= 0.6 is 0 Å². The van der Waals surface area contributed by atoms with E-state index in [2.05, 4.69) is 57.0 Å². The van der Waals surface area contributed by atoms with Crippen LogP contribution in [-0.2, 0) is 13.6 Å². The van der Waals surface area contributed by atoms with Gasteiger partial charge in [-0.3, -0.25) is 4.68 Å². The molecule has 0 aliphatic rings. The third kappa shape index (κ3) is 3.22. The van der Waals surface area contributed by atoms with E-state index in [1.807, 2.05) is 11.7 Å². The lowest BCUT2D eigenvalue weighted by Crippen LogP contribution is -2.30. The SMILES string of the molecule is Cc1nn(C)c(N(C)C(C)C)c1CNC(C)C. The van der Waals surface area contributed by atoms with Crippen molar-refractivity contribution in [1.82, 2.24) is 15.1 Å². The molecular weight excluding hydrogens is 212 g/mol. The maximum atomic E-state index is 4.53. The molecule has 4 heteroatoms. The fourth-order valence-corrected chi connectivity index (χ4v) is 1.89. The zero-order valence-electron chi connectivity index (χ0n) is 12.2. The van der Waals surface area contributed by atoms with Gasteiger partial charge in [0.25, 0.3) is 0 Å². The van der Waals surface area contributed by atoms with Gasteiger partial charge in [-0.1, -0.05) is 13.8 Å². The molecule has 0 saturated carbocycles. The highest BCUT2D eigenvalue weighted by atomic mass is 15.4. The van der Waals surface area contributed by atoms with E-state index in [0.717, 1.165) is 12.2 Å². The molecule has 1 rings (SSSR count). The van der Waals surface area contributed by atoms with Crippen molar-refractivity contribution in [2.75, 3.05) is 11.9 Å². The second kappa shape index (κ2) is 5.54. The molecular formula is C13H26N4. The number of anilines is 1. The summed E-state index contributed by atoms with van der Waals surface area (Å²) in [6, 6.07) is 0.967. The first kappa shape index (κ1) is 14.0. The summed E-state index contributed by atoms with van der Waals surface area (Å²) >= 11 is 0. The predicted octanol–water partition coefficient (Wildman–Crippen LogP) is 2.07. The van der Waals surface area contributed by atoms with Gasteiger partial charge in [0.2, 0.25) is 0 Å². The number of nitrogens with one attached hydrogen (secondary N) is 1. The second-order valence-electron chi connectivity index (χ2n) is 5.25. The van der Waals surface area contributed by atoms with Gasteiger partial charge in [0.05, 0.1) is 5.69 Å². The molecule has 0 radical (unpaired) electrons. The molecule has 1 heterocycles. The second-order valence-corrected chi connectivity index (χ2v) is 5.25. The summed E-state index contributed by atoms with van der Waals surface area (Å²) in [6.45, 7) is 11.7. The Bertz CT molecular complexity index is 366. The molecule has 0 bridgehead atoms. The summed E-state index contributed by atoms with van der Waals surface area (Å²) in [7, 11) is 4.14. The van der Waals surface area contributed by atoms with Crippen molar-refractivity contribution in [3.63, 3.8) is 0 Å². The van der Waals surface area contributed by atoms with E-state index in [9.17, 15) is 0 Å². The Morgan fingerprint density at radius 3 is 2.35 bits per heavy atom. The molecule has 1 aromatic heterocycles. The Morgan fingerprint density at radius 1 is 1.29 bits per heavy atom. The number of nitrogens with zero attached hydrogens (tertiary/aromatic N) is 3. The van der Waals surface area contributed by atoms with Crippen molar-refractivity contribution in [3.05, 3.63) is 11.3 Å². The van der Waals surface area contributed by atoms with Gasteiger partial charge in [-0.15, -0.1) is 0 Å². The molecule has 0 saturated heterocycles. The molecule has 4 nitrogen and oxygen atoms in total. The van der Waals surface area contributed by atoms with Gasteiger partial charge < -0.3 is 10.2 Å². The van der Waals surface area contributed by atoms with Crippen LogP contribution in [0.15, 0.2) is 0 Å². The molecule has 0 aliphatic carbocycles. The maximum Gasteiger partial charge on any atom is 0.131 e. The minimum absolute atomic E-state index is 0.475. The van der Waals surface area contributed by atoms with Gasteiger partial charge in [0, 0.05) is 38.3 Å². The van der Waals surface area contributed by atoms with Crippen LogP contribution in [0.5, 0.6) is 0 Å². The first-order valence-corrected chi connectivity index (χ1v) is 6.33. The summed E-state index contributed by atoms with van der Waals surface area (Å²) < 4.78 is 1.98. The Kier molecular flexibility index (Phi) is 4.57. The summed E-state index contributed by atoms with van der Waals surface area (Å²) in [5, 5.41) is 8.00. The van der Waals surface area contributed by atoms with Crippen LogP contribution < -0.4 is 10.2 Å². The van der Waals surface area contributed by atoms with Gasteiger partial charge in [-0.25, -0.2) is 0 Å². The molecule has 0 unspecified atom stereocenters. The highest BCUT2D eigenvalue weighted by Crippen LogP contribution is 2.23. The number of hydrogen-bond acceptors (Lipinski definition) is 3. The predicted molar refractivity (Wildman–Crippen MR) is 73.5 cm³/mol. The van der Waals surface area contributed by atoms with Crippen molar-refractivity contribution >= 4 is 5.82 Å². The normalized spacial score (nSPS) is 11.6. The topological polar surface area (TPSA) is 33.1 Å². The third-order valence-electron chi connectivity index (χ3n) is 3.11. The zero-order valence-corrected chi connectivity index (χ0v) is 12.2. The lowest BCUT2D eigenvalue weighted by molar-refractivity contribution is 0.585. The van der Waals surface area contributed by atoms with Crippen molar-refractivity contribution in [1.29, 1.82) is 0 Å². The average Bonchev–Trinajstić information content (AvgIpc) is 2.48. The summed E-state index contributed by atoms with van der Waals surface area (Å²) in [6.07, 6.45) is 0. The monoisotopic (exact) mass is 238 g/mol. The maximum absolute atomic E-state index is 4.53. The zero-order chi connectivity index (χ0) is 13.2. The van der Waals surface area contributed by atoms with Crippen molar-refractivity contribution < 1.29 is 0 Å². The van der Waals surface area contributed by atoms with Gasteiger partial charge >= 0.3 is 0 Å². The quantitative estimate of drug-likeness (QED) is 0.852. The molecule has 1 aromatic rings. The van der Waals surface area contributed by atoms with Crippen LogP contribution in [0.4, 0.5) is 5.82 Å². The van der Waals surface area contributed by atoms with E-state index in [1.165, 1.54) is 11.4 Å². The van der Waals surface area contributed by atoms with E-state index in [1.54, 1.807) is 0 Å². The summed E-state index contributed by atoms with van der Waals surface area (Å²) in [5.74, 6) is 1.21. The molecule has 1 N–H and O–H groups in total. The highest BCUT2D eigenvalue weighted by molar-refractivity contribution is 5.50. The van der Waals surface area contributed by atoms with Crippen LogP contribution in [0.1, 0.15) is 39.0 Å². The van der Waals surface area contributed by atoms with Gasteiger partial charge in [-0.2, -0.15) is 5.10 Å². The lowest BCUT2D eigenvalue weighted by Gasteiger charge is -2.25. The number of hydrogen-bond donors (Lipinski definition) is 1. The molecule has 0 atom stereocenters. The number of aryl methyl sites for hydroxylation is 2. The molecule has 0 amide bonds. The van der Waals surface area contributed by atoms with Crippen molar-refractivity contribution in [3.8, 4) is 0 Å². The number of aromatic nitrogens is 2. The minimum Gasteiger partial charge on any atom is -0.357 e. The fraction of sp³-hybridized carbons (Fsp3) is 0.769. The Balaban J connectivity index is 3.02. The summed E-state index contributed by atoms with van der Waals surface area (Å²) in [4.78, 5) is 2.28. The molecule has 0 aliphatic heterocycles. The summed E-state index contributed by atoms with van der Waals surface area (Å²) in [5.41, 5.74) is 2.42. The third-order valence-corrected chi connectivity index (χ3v) is 3.11. The smallest absolute Gasteiger partial charge is 0.131 e. The molecule has 0 fully saturated rings. The van der Waals surface area contributed by atoms with Crippen molar-refractivity contribution in [2.45, 2.75) is 53.2 Å². The van der Waals surface area contributed by atoms with Crippen LogP contribution in [0.2, 0.25) is 0 Å². The number of rotatable bonds is 5. The van der Waals surface area contributed by atoms with Gasteiger partial charge in [0.15, 0.2) is 0 Å². The fourth-order valence-electron chi connectivity index (χ4n) is 1.89. The molecule has 0 spiro atoms. The first-order chi connectivity index (χ1) is 7.84. The van der Waals surface area contributed by atoms with E-state index in [-0.39, 0.29) is 0 Å². The lowest BCUT2D eigenvalue weighted by atomic mass is 10.2. The van der Waals surface area contributed by atoms with Crippen LogP contribution in [0, 0.1) is 6.92 Å². The van der Waals surface area contributed by atoms with Gasteiger partial charge in [0.1, 0.15) is 5.82 Å². The Labute approximate surface area is 105 Å². The highest BCUT2D eigenvalue weighted by Gasteiger charge is 2.18. The first-order valence-electron chi connectivity index (χ1n) is 6.33. The average molecular weight is 238 g/mol. The molecule has 0 aromatic carbocycles. The Hall–Kier alpha value is -1.03. The largest absolute Gasteiger partial charge is 0.357 e. The van der Waals surface area contributed by atoms with Crippen LogP contribution in [0.25, 0.3) is 0 Å². The van der Waals surface area contributed by atoms with E-state index < -0.39 is 0 Å². The standard InChI is InChI=1S/C13H26N4/c1-9(2)14-8-12-11(5)15-17(7)13(12)16(6)10(3)4/h9-10,14H,8H2,1-7H3. The van der Waals surface area contributed by atoms with Gasteiger partial charge in [-0.05, 0) is 20.8 Å². The molecule has 98 valence electrons. The van der Waals surface area contributed by atoms with Crippen LogP contribution in [-0.4, -0.2) is 28.9 Å². The van der Waals surface area contributed by atoms with Crippen LogP contribution in [0.3, 0.4) is 0 Å². The minimum atomic E-state index is 0.475.